The van der Waals surface area contributed by atoms with Crippen molar-refractivity contribution in [1.82, 2.24) is 4.90 Å². The number of hydrogen-bond acceptors (Lipinski definition) is 5. The molecule has 2 aliphatic rings. The van der Waals surface area contributed by atoms with Crippen molar-refractivity contribution in [2.75, 3.05) is 13.7 Å². The number of fused-ring (bicyclic) bond motifs is 4. The first-order valence-electron chi connectivity index (χ1n) is 8.00. The molecule has 0 fully saturated rings. The van der Waals surface area contributed by atoms with Gasteiger partial charge in [-0.15, -0.1) is 11.3 Å². The molecule has 0 aliphatic carbocycles. The molecule has 1 unspecified atom stereocenters. The van der Waals surface area contributed by atoms with Crippen LogP contribution in [0.4, 0.5) is 0 Å². The highest BCUT2D eigenvalue weighted by Gasteiger charge is 2.34. The number of aliphatic hydroxyl groups is 1. The number of nitrogens with zero attached hydrogens (tertiary/aromatic N) is 1. The Balaban J connectivity index is 1.72. The van der Waals surface area contributed by atoms with Gasteiger partial charge in [0.15, 0.2) is 11.5 Å². The maximum atomic E-state index is 10.2. The number of thiophene rings is 1. The van der Waals surface area contributed by atoms with Crippen LogP contribution < -0.4 is 4.74 Å². The summed E-state index contributed by atoms with van der Waals surface area (Å²) in [6.07, 6.45) is 1.53. The van der Waals surface area contributed by atoms with Gasteiger partial charge in [-0.3, -0.25) is 4.90 Å². The van der Waals surface area contributed by atoms with E-state index >= 15 is 0 Å². The van der Waals surface area contributed by atoms with E-state index in [1.807, 2.05) is 19.1 Å². The number of aliphatic hydroxyl groups excluding tert-OH is 1. The highest BCUT2D eigenvalue weighted by Crippen LogP contribution is 2.44. The summed E-state index contributed by atoms with van der Waals surface area (Å²) < 4.78 is 5.24. The Morgan fingerprint density at radius 3 is 2.87 bits per heavy atom. The van der Waals surface area contributed by atoms with Crippen molar-refractivity contribution in [3.8, 4) is 11.5 Å². The molecule has 1 aromatic heterocycles. The number of hydrogen-bond donors (Lipinski definition) is 2. The Morgan fingerprint density at radius 1 is 1.30 bits per heavy atom. The minimum Gasteiger partial charge on any atom is -0.504 e. The van der Waals surface area contributed by atoms with Gasteiger partial charge in [-0.2, -0.15) is 0 Å². The second-order valence-corrected chi connectivity index (χ2v) is 7.60. The highest BCUT2D eigenvalue weighted by molar-refractivity contribution is 7.12. The summed E-state index contributed by atoms with van der Waals surface area (Å²) in [6.45, 7) is 3.77. The lowest BCUT2D eigenvalue weighted by Crippen LogP contribution is -2.38. The van der Waals surface area contributed by atoms with Crippen LogP contribution in [-0.4, -0.2) is 28.8 Å². The average molecular weight is 331 g/mol. The summed E-state index contributed by atoms with van der Waals surface area (Å²) in [5.41, 5.74) is 3.84. The van der Waals surface area contributed by atoms with Gasteiger partial charge in [0.2, 0.25) is 0 Å². The Bertz CT molecular complexity index is 753. The molecule has 3 heterocycles. The van der Waals surface area contributed by atoms with Crippen LogP contribution in [0, 0.1) is 0 Å². The molecule has 0 bridgehead atoms. The predicted molar refractivity (Wildman–Crippen MR) is 90.2 cm³/mol. The number of aromatic hydroxyl groups is 1. The van der Waals surface area contributed by atoms with Gasteiger partial charge >= 0.3 is 0 Å². The summed E-state index contributed by atoms with van der Waals surface area (Å²) >= 11 is 1.72. The fraction of sp³-hybridized carbons (Fsp3) is 0.444. The molecule has 23 heavy (non-hydrogen) atoms. The van der Waals surface area contributed by atoms with E-state index in [1.165, 1.54) is 21.6 Å². The largest absolute Gasteiger partial charge is 0.504 e. The van der Waals surface area contributed by atoms with Crippen LogP contribution in [0.2, 0.25) is 0 Å². The monoisotopic (exact) mass is 331 g/mol. The summed E-state index contributed by atoms with van der Waals surface area (Å²) in [7, 11) is 1.59. The molecule has 0 spiro atoms. The second kappa shape index (κ2) is 5.51. The molecule has 2 N–H and O–H groups in total. The van der Waals surface area contributed by atoms with Gasteiger partial charge in [-0.1, -0.05) is 0 Å². The molecule has 0 amide bonds. The van der Waals surface area contributed by atoms with E-state index in [0.29, 0.717) is 11.8 Å². The number of methoxy groups -OCH3 is 1. The minimum absolute atomic E-state index is 0.217. The number of phenolic OH excluding ortho intramolecular Hbond substituents is 1. The lowest BCUT2D eigenvalue weighted by Gasteiger charge is -2.40. The Morgan fingerprint density at radius 2 is 2.13 bits per heavy atom. The van der Waals surface area contributed by atoms with Gasteiger partial charge in [0.25, 0.3) is 0 Å². The number of benzene rings is 1. The van der Waals surface area contributed by atoms with E-state index in [4.69, 9.17) is 4.74 Å². The van der Waals surface area contributed by atoms with Crippen molar-refractivity contribution in [3.05, 3.63) is 44.6 Å². The molecule has 0 saturated heterocycles. The SMILES string of the molecule is COc1cc2c(cc1O)[C@@H]1Cc3sc(C(C)O)cc3CN1CC2. The van der Waals surface area contributed by atoms with Crippen LogP contribution in [0.1, 0.15) is 45.5 Å². The molecule has 5 heteroatoms. The number of phenols is 1. The topological polar surface area (TPSA) is 52.9 Å². The zero-order chi connectivity index (χ0) is 16.1. The standard InChI is InChI=1S/C18H21NO3S/c1-10(20)17-6-12-9-19-4-3-11-5-16(22-2)15(21)7-13(11)14(19)8-18(12)23-17/h5-7,10,14,20-21H,3-4,8-9H2,1-2H3/t10?,14-/m0/s1. The first kappa shape index (κ1) is 15.0. The van der Waals surface area contributed by atoms with E-state index < -0.39 is 6.10 Å². The highest BCUT2D eigenvalue weighted by atomic mass is 32.1. The Hall–Kier alpha value is -1.56. The van der Waals surface area contributed by atoms with Crippen LogP contribution in [-0.2, 0) is 19.4 Å². The smallest absolute Gasteiger partial charge is 0.160 e. The molecule has 1 aromatic carbocycles. The summed E-state index contributed by atoms with van der Waals surface area (Å²) in [6, 6.07) is 6.32. The quantitative estimate of drug-likeness (QED) is 0.887. The van der Waals surface area contributed by atoms with Gasteiger partial charge in [-0.05, 0) is 48.2 Å². The molecular weight excluding hydrogens is 310 g/mol. The van der Waals surface area contributed by atoms with Crippen LogP contribution >= 0.6 is 11.3 Å². The van der Waals surface area contributed by atoms with E-state index in [0.717, 1.165) is 30.8 Å². The van der Waals surface area contributed by atoms with Crippen molar-refractivity contribution in [3.63, 3.8) is 0 Å². The number of rotatable bonds is 2. The summed E-state index contributed by atoms with van der Waals surface area (Å²) in [5.74, 6) is 0.774. The van der Waals surface area contributed by atoms with Gasteiger partial charge in [0, 0.05) is 35.3 Å². The van der Waals surface area contributed by atoms with Gasteiger partial charge in [-0.25, -0.2) is 0 Å². The minimum atomic E-state index is -0.400. The van der Waals surface area contributed by atoms with Gasteiger partial charge < -0.3 is 14.9 Å². The normalized spacial score (nSPS) is 21.3. The van der Waals surface area contributed by atoms with E-state index in [9.17, 15) is 10.2 Å². The van der Waals surface area contributed by atoms with Crippen LogP contribution in [0.5, 0.6) is 11.5 Å². The fourth-order valence-electron chi connectivity index (χ4n) is 3.76. The van der Waals surface area contributed by atoms with Crippen molar-refractivity contribution in [2.24, 2.45) is 0 Å². The molecule has 0 saturated carbocycles. The van der Waals surface area contributed by atoms with E-state index in [1.54, 1.807) is 18.4 Å². The van der Waals surface area contributed by atoms with E-state index in [2.05, 4.69) is 11.0 Å². The fourth-order valence-corrected chi connectivity index (χ4v) is 4.91. The third-order valence-corrected chi connectivity index (χ3v) is 6.36. The molecular formula is C18H21NO3S. The van der Waals surface area contributed by atoms with Crippen molar-refractivity contribution < 1.29 is 14.9 Å². The maximum absolute atomic E-state index is 10.2. The Kier molecular flexibility index (Phi) is 3.59. The number of ether oxygens (including phenoxy) is 1. The predicted octanol–water partition coefficient (Wildman–Crippen LogP) is 3.17. The summed E-state index contributed by atoms with van der Waals surface area (Å²) in [4.78, 5) is 4.90. The van der Waals surface area contributed by atoms with Gasteiger partial charge in [0.05, 0.1) is 13.2 Å². The second-order valence-electron chi connectivity index (χ2n) is 6.44. The molecule has 2 atom stereocenters. The van der Waals surface area contributed by atoms with Crippen molar-refractivity contribution >= 4 is 11.3 Å². The van der Waals surface area contributed by atoms with Crippen LogP contribution in [0.25, 0.3) is 0 Å². The molecule has 4 nitrogen and oxygen atoms in total. The molecule has 122 valence electrons. The molecule has 4 rings (SSSR count). The summed E-state index contributed by atoms with van der Waals surface area (Å²) in [5, 5.41) is 20.0. The zero-order valence-corrected chi connectivity index (χ0v) is 14.2. The maximum Gasteiger partial charge on any atom is 0.160 e. The molecule has 2 aliphatic heterocycles. The first-order chi connectivity index (χ1) is 11.1. The third kappa shape index (κ3) is 2.43. The van der Waals surface area contributed by atoms with Crippen LogP contribution in [0.15, 0.2) is 18.2 Å². The zero-order valence-electron chi connectivity index (χ0n) is 13.4. The molecule has 2 aromatic rings. The third-order valence-electron chi connectivity index (χ3n) is 4.99. The van der Waals surface area contributed by atoms with Crippen LogP contribution in [0.3, 0.4) is 0 Å². The van der Waals surface area contributed by atoms with E-state index in [-0.39, 0.29) is 5.75 Å². The first-order valence-corrected chi connectivity index (χ1v) is 8.82. The lowest BCUT2D eigenvalue weighted by molar-refractivity contribution is 0.162. The van der Waals surface area contributed by atoms with Gasteiger partial charge in [0.1, 0.15) is 0 Å². The Labute approximate surface area is 139 Å². The molecule has 0 radical (unpaired) electrons. The lowest BCUT2D eigenvalue weighted by atomic mass is 9.86. The average Bonchev–Trinajstić information content (AvgIpc) is 2.95. The van der Waals surface area contributed by atoms with Crippen molar-refractivity contribution in [2.45, 2.75) is 38.5 Å². The van der Waals surface area contributed by atoms with Crippen molar-refractivity contribution in [1.29, 1.82) is 0 Å².